The molecule has 1 aliphatic carbocycles. The molecular formula is C24H24FN3O2. The number of fused-ring (bicyclic) bond motifs is 1. The molecule has 5 nitrogen and oxygen atoms in total. The number of aromatic nitrogens is 1. The van der Waals surface area contributed by atoms with Crippen molar-refractivity contribution in [2.75, 3.05) is 19.6 Å². The van der Waals surface area contributed by atoms with E-state index >= 15 is 0 Å². The van der Waals surface area contributed by atoms with Crippen LogP contribution in [0, 0.1) is 23.6 Å². The summed E-state index contributed by atoms with van der Waals surface area (Å²) in [6.07, 6.45) is 8.97. The summed E-state index contributed by atoms with van der Waals surface area (Å²) in [7, 11) is 0. The zero-order valence-corrected chi connectivity index (χ0v) is 16.7. The predicted molar refractivity (Wildman–Crippen MR) is 110 cm³/mol. The third-order valence-electron chi connectivity index (χ3n) is 6.69. The van der Waals surface area contributed by atoms with Gasteiger partial charge in [0.25, 0.3) is 5.91 Å². The second kappa shape index (κ2) is 7.67. The van der Waals surface area contributed by atoms with Gasteiger partial charge in [-0.1, -0.05) is 24.3 Å². The van der Waals surface area contributed by atoms with E-state index in [0.717, 1.165) is 18.4 Å². The van der Waals surface area contributed by atoms with Gasteiger partial charge < -0.3 is 9.80 Å². The van der Waals surface area contributed by atoms with Crippen LogP contribution in [0.3, 0.4) is 0 Å². The maximum atomic E-state index is 14.0. The van der Waals surface area contributed by atoms with Gasteiger partial charge in [-0.3, -0.25) is 14.6 Å². The molecule has 0 radical (unpaired) electrons. The number of hydrogen-bond acceptors (Lipinski definition) is 3. The largest absolute Gasteiger partial charge is 0.342 e. The second-order valence-electron chi connectivity index (χ2n) is 8.51. The van der Waals surface area contributed by atoms with Crippen molar-refractivity contribution in [3.63, 3.8) is 0 Å². The Labute approximate surface area is 175 Å². The first-order valence-electron chi connectivity index (χ1n) is 10.5. The molecule has 2 saturated heterocycles. The summed E-state index contributed by atoms with van der Waals surface area (Å²) in [6.45, 7) is 1.83. The van der Waals surface area contributed by atoms with E-state index in [-0.39, 0.29) is 41.4 Å². The molecule has 1 aromatic heterocycles. The molecule has 2 aliphatic heterocycles. The number of carbonyl (C=O) groups excluding carboxylic acids is 2. The number of amides is 2. The lowest BCUT2D eigenvalue weighted by atomic mass is 9.89. The number of pyridine rings is 1. The average Bonchev–Trinajstić information content (AvgIpc) is 3.49. The molecule has 6 heteroatoms. The Morgan fingerprint density at radius 1 is 1.03 bits per heavy atom. The highest BCUT2D eigenvalue weighted by Crippen LogP contribution is 2.46. The third-order valence-corrected chi connectivity index (χ3v) is 6.69. The molecule has 0 N–H and O–H groups in total. The Bertz CT molecular complexity index is 985. The van der Waals surface area contributed by atoms with Gasteiger partial charge >= 0.3 is 0 Å². The van der Waals surface area contributed by atoms with Crippen LogP contribution in [0.15, 0.2) is 60.9 Å². The Hall–Kier alpha value is -3.02. The number of benzene rings is 1. The molecule has 154 valence electrons. The summed E-state index contributed by atoms with van der Waals surface area (Å²) in [4.78, 5) is 34.1. The fraction of sp³-hybridized carbons (Fsp3) is 0.375. The smallest absolute Gasteiger partial charge is 0.255 e. The van der Waals surface area contributed by atoms with Crippen molar-refractivity contribution >= 4 is 11.8 Å². The maximum Gasteiger partial charge on any atom is 0.255 e. The van der Waals surface area contributed by atoms with E-state index in [4.69, 9.17) is 0 Å². The lowest BCUT2D eigenvalue weighted by Crippen LogP contribution is -2.39. The summed E-state index contributed by atoms with van der Waals surface area (Å²) in [6, 6.07) is 9.75. The molecule has 3 atom stereocenters. The van der Waals surface area contributed by atoms with E-state index in [1.165, 1.54) is 12.1 Å². The minimum atomic E-state index is -0.312. The van der Waals surface area contributed by atoms with Crippen molar-refractivity contribution in [1.29, 1.82) is 0 Å². The van der Waals surface area contributed by atoms with Crippen molar-refractivity contribution in [1.82, 2.24) is 14.8 Å². The fourth-order valence-corrected chi connectivity index (χ4v) is 5.28. The van der Waals surface area contributed by atoms with Crippen molar-refractivity contribution < 1.29 is 14.0 Å². The predicted octanol–water partition coefficient (Wildman–Crippen LogP) is 3.46. The van der Waals surface area contributed by atoms with Gasteiger partial charge in [-0.05, 0) is 42.7 Å². The van der Waals surface area contributed by atoms with Crippen molar-refractivity contribution in [3.05, 3.63) is 77.9 Å². The Kier molecular flexibility index (Phi) is 4.85. The number of allylic oxidation sites excluding steroid dienone is 2. The number of likely N-dealkylation sites (tertiary alicyclic amines) is 2. The molecule has 0 unspecified atom stereocenters. The molecule has 1 aromatic carbocycles. The SMILES string of the molecule is O=C(C1CC=CC1)N1C[C@H]2CN(C(=O)c3cccnc3)[C@H](c3cccc(F)c3)[C@H]2C1. The molecule has 5 rings (SSSR count). The summed E-state index contributed by atoms with van der Waals surface area (Å²) in [5.74, 6) is 0.141. The Morgan fingerprint density at radius 2 is 1.87 bits per heavy atom. The maximum absolute atomic E-state index is 14.0. The summed E-state index contributed by atoms with van der Waals surface area (Å²) in [5.41, 5.74) is 1.32. The van der Waals surface area contributed by atoms with Crippen LogP contribution in [-0.4, -0.2) is 46.2 Å². The van der Waals surface area contributed by atoms with Crippen LogP contribution >= 0.6 is 0 Å². The number of hydrogen-bond donors (Lipinski definition) is 0. The van der Waals surface area contributed by atoms with Crippen LogP contribution in [0.4, 0.5) is 4.39 Å². The zero-order valence-electron chi connectivity index (χ0n) is 16.7. The van der Waals surface area contributed by atoms with Crippen molar-refractivity contribution in [2.24, 2.45) is 17.8 Å². The minimum Gasteiger partial charge on any atom is -0.342 e. The first kappa shape index (κ1) is 19.0. The topological polar surface area (TPSA) is 53.5 Å². The quantitative estimate of drug-likeness (QED) is 0.735. The number of nitrogens with zero attached hydrogens (tertiary/aromatic N) is 3. The zero-order chi connectivity index (χ0) is 20.7. The van der Waals surface area contributed by atoms with Gasteiger partial charge in [0.1, 0.15) is 5.82 Å². The highest BCUT2D eigenvalue weighted by molar-refractivity contribution is 5.94. The molecule has 2 aromatic rings. The summed E-state index contributed by atoms with van der Waals surface area (Å²) < 4.78 is 14.0. The van der Waals surface area contributed by atoms with E-state index in [1.54, 1.807) is 30.6 Å². The molecule has 3 heterocycles. The second-order valence-corrected chi connectivity index (χ2v) is 8.51. The van der Waals surface area contributed by atoms with Crippen LogP contribution < -0.4 is 0 Å². The molecule has 30 heavy (non-hydrogen) atoms. The van der Waals surface area contributed by atoms with Gasteiger partial charge in [0.15, 0.2) is 0 Å². The van der Waals surface area contributed by atoms with Gasteiger partial charge in [0.2, 0.25) is 5.91 Å². The van der Waals surface area contributed by atoms with Crippen molar-refractivity contribution in [3.8, 4) is 0 Å². The van der Waals surface area contributed by atoms with E-state index in [9.17, 15) is 14.0 Å². The van der Waals surface area contributed by atoms with Crippen LogP contribution in [0.1, 0.15) is 34.8 Å². The molecule has 2 fully saturated rings. The number of halogens is 1. The third kappa shape index (κ3) is 3.30. The molecule has 0 saturated carbocycles. The normalized spacial score (nSPS) is 25.7. The number of carbonyl (C=O) groups is 2. The molecule has 2 amide bonds. The van der Waals surface area contributed by atoms with E-state index in [0.29, 0.717) is 25.2 Å². The van der Waals surface area contributed by atoms with Crippen molar-refractivity contribution in [2.45, 2.75) is 18.9 Å². The van der Waals surface area contributed by atoms with Gasteiger partial charge in [-0.2, -0.15) is 0 Å². The fourth-order valence-electron chi connectivity index (χ4n) is 5.28. The Balaban J connectivity index is 1.43. The van der Waals surface area contributed by atoms with Crippen LogP contribution in [0.2, 0.25) is 0 Å². The van der Waals surface area contributed by atoms with Crippen LogP contribution in [0.5, 0.6) is 0 Å². The average molecular weight is 405 g/mol. The highest BCUT2D eigenvalue weighted by atomic mass is 19.1. The lowest BCUT2D eigenvalue weighted by molar-refractivity contribution is -0.134. The Morgan fingerprint density at radius 3 is 2.60 bits per heavy atom. The molecule has 0 bridgehead atoms. The lowest BCUT2D eigenvalue weighted by Gasteiger charge is -2.30. The van der Waals surface area contributed by atoms with E-state index in [1.807, 2.05) is 15.9 Å². The van der Waals surface area contributed by atoms with Gasteiger partial charge in [0.05, 0.1) is 11.6 Å². The van der Waals surface area contributed by atoms with Gasteiger partial charge in [-0.25, -0.2) is 4.39 Å². The van der Waals surface area contributed by atoms with Gasteiger partial charge in [0, 0.05) is 49.8 Å². The standard InChI is InChI=1S/C24H24FN3O2/c25-20-9-3-7-17(11-20)22-21-15-27(23(29)16-5-1-2-6-16)13-19(21)14-28(22)24(30)18-8-4-10-26-12-18/h1-4,7-12,16,19,21-22H,5-6,13-15H2/t19-,21-,22+/m0/s1. The summed E-state index contributed by atoms with van der Waals surface area (Å²) >= 11 is 0. The number of rotatable bonds is 3. The first-order chi connectivity index (χ1) is 14.6. The summed E-state index contributed by atoms with van der Waals surface area (Å²) in [5, 5.41) is 0. The highest BCUT2D eigenvalue weighted by Gasteiger charge is 2.50. The monoisotopic (exact) mass is 405 g/mol. The van der Waals surface area contributed by atoms with E-state index in [2.05, 4.69) is 17.1 Å². The van der Waals surface area contributed by atoms with Crippen LogP contribution in [0.25, 0.3) is 0 Å². The van der Waals surface area contributed by atoms with Crippen LogP contribution in [-0.2, 0) is 4.79 Å². The molecule has 3 aliphatic rings. The minimum absolute atomic E-state index is 0.0459. The molecular weight excluding hydrogens is 381 g/mol. The van der Waals surface area contributed by atoms with Gasteiger partial charge in [-0.15, -0.1) is 0 Å². The van der Waals surface area contributed by atoms with E-state index < -0.39 is 0 Å². The molecule has 0 spiro atoms. The first-order valence-corrected chi connectivity index (χ1v) is 10.5.